The van der Waals surface area contributed by atoms with Crippen LogP contribution in [0.15, 0.2) is 24.3 Å². The van der Waals surface area contributed by atoms with E-state index in [1.165, 1.54) is 7.11 Å². The van der Waals surface area contributed by atoms with Crippen LogP contribution in [-0.2, 0) is 14.3 Å². The van der Waals surface area contributed by atoms with Crippen molar-refractivity contribution in [3.63, 3.8) is 0 Å². The molecule has 1 aromatic carbocycles. The van der Waals surface area contributed by atoms with Gasteiger partial charge >= 0.3 is 5.97 Å². The smallest absolute Gasteiger partial charge is 0.328 e. The van der Waals surface area contributed by atoms with Gasteiger partial charge in [-0.2, -0.15) is 0 Å². The van der Waals surface area contributed by atoms with E-state index in [4.69, 9.17) is 9.47 Å². The highest BCUT2D eigenvalue weighted by molar-refractivity contribution is 5.79. The van der Waals surface area contributed by atoms with Gasteiger partial charge in [-0.15, -0.1) is 0 Å². The molecule has 100 valence electrons. The zero-order chi connectivity index (χ0) is 13.5. The second-order valence-corrected chi connectivity index (χ2v) is 4.45. The Morgan fingerprint density at radius 1 is 1.39 bits per heavy atom. The van der Waals surface area contributed by atoms with E-state index in [1.54, 1.807) is 7.11 Å². The van der Waals surface area contributed by atoms with Crippen molar-refractivity contribution < 1.29 is 14.3 Å². The van der Waals surface area contributed by atoms with Gasteiger partial charge in [0.1, 0.15) is 6.04 Å². The molecular weight excluding hydrogens is 230 g/mol. The highest BCUT2D eigenvalue weighted by atomic mass is 16.5. The van der Waals surface area contributed by atoms with Crippen LogP contribution in [0.25, 0.3) is 0 Å². The van der Waals surface area contributed by atoms with Gasteiger partial charge in [0, 0.05) is 18.7 Å². The van der Waals surface area contributed by atoms with Crippen molar-refractivity contribution in [3.8, 4) is 0 Å². The van der Waals surface area contributed by atoms with Crippen LogP contribution in [-0.4, -0.2) is 32.8 Å². The molecule has 0 saturated heterocycles. The Labute approximate surface area is 108 Å². The molecule has 0 aliphatic carbocycles. The summed E-state index contributed by atoms with van der Waals surface area (Å²) in [5, 5.41) is 3.20. The highest BCUT2D eigenvalue weighted by Crippen LogP contribution is 2.15. The Balaban J connectivity index is 2.81. The van der Waals surface area contributed by atoms with Gasteiger partial charge in [-0.3, -0.25) is 0 Å². The number of rotatable bonds is 6. The van der Waals surface area contributed by atoms with Crippen LogP contribution < -0.4 is 5.32 Å². The first kappa shape index (κ1) is 14.5. The van der Waals surface area contributed by atoms with Gasteiger partial charge in [0.05, 0.1) is 13.7 Å². The lowest BCUT2D eigenvalue weighted by molar-refractivity contribution is -0.143. The fourth-order valence-electron chi connectivity index (χ4n) is 1.83. The Morgan fingerprint density at radius 2 is 2.11 bits per heavy atom. The third-order valence-corrected chi connectivity index (χ3v) is 2.79. The summed E-state index contributed by atoms with van der Waals surface area (Å²) in [6.45, 7) is 4.46. The van der Waals surface area contributed by atoms with Crippen molar-refractivity contribution in [3.05, 3.63) is 29.8 Å². The van der Waals surface area contributed by atoms with Crippen LogP contribution in [0.4, 0.5) is 5.69 Å². The molecule has 0 aliphatic rings. The number of carbonyl (C=O) groups excluding carboxylic acids is 1. The molecule has 4 nitrogen and oxygen atoms in total. The molecule has 0 heterocycles. The predicted octanol–water partition coefficient (Wildman–Crippen LogP) is 2.23. The first-order valence-electron chi connectivity index (χ1n) is 5.98. The second kappa shape index (κ2) is 7.01. The summed E-state index contributed by atoms with van der Waals surface area (Å²) < 4.78 is 9.92. The number of ether oxygens (including phenoxy) is 2. The second-order valence-electron chi connectivity index (χ2n) is 4.45. The summed E-state index contributed by atoms with van der Waals surface area (Å²) in [6, 6.07) is 7.48. The third kappa shape index (κ3) is 4.04. The van der Waals surface area contributed by atoms with E-state index < -0.39 is 6.04 Å². The van der Waals surface area contributed by atoms with Crippen LogP contribution in [0, 0.1) is 12.8 Å². The van der Waals surface area contributed by atoms with Crippen molar-refractivity contribution in [2.75, 3.05) is 26.1 Å². The van der Waals surface area contributed by atoms with Gasteiger partial charge in [-0.05, 0) is 24.6 Å². The minimum absolute atomic E-state index is 0.0305. The predicted molar refractivity (Wildman–Crippen MR) is 71.6 cm³/mol. The van der Waals surface area contributed by atoms with Gasteiger partial charge in [0.2, 0.25) is 0 Å². The van der Waals surface area contributed by atoms with Crippen molar-refractivity contribution in [1.29, 1.82) is 0 Å². The number of carbonyl (C=O) groups is 1. The van der Waals surface area contributed by atoms with Crippen molar-refractivity contribution in [2.24, 2.45) is 5.92 Å². The molecule has 1 aromatic rings. The normalized spacial score (nSPS) is 13.8. The van der Waals surface area contributed by atoms with Gasteiger partial charge in [-0.1, -0.05) is 19.1 Å². The Kier molecular flexibility index (Phi) is 5.65. The molecule has 0 radical (unpaired) electrons. The van der Waals surface area contributed by atoms with E-state index in [0.29, 0.717) is 6.61 Å². The van der Waals surface area contributed by atoms with E-state index in [9.17, 15) is 4.79 Å². The molecule has 2 unspecified atom stereocenters. The standard InChI is InChI=1S/C14H21NO3/c1-10-6-5-7-12(8-10)15-13(14(16)18-4)11(2)9-17-3/h5-8,11,13,15H,9H2,1-4H3. The first-order valence-corrected chi connectivity index (χ1v) is 5.98. The number of methoxy groups -OCH3 is 2. The lowest BCUT2D eigenvalue weighted by Crippen LogP contribution is -2.38. The number of hydrogen-bond acceptors (Lipinski definition) is 4. The number of nitrogens with one attached hydrogen (secondary N) is 1. The minimum atomic E-state index is -0.406. The zero-order valence-corrected chi connectivity index (χ0v) is 11.4. The van der Waals surface area contributed by atoms with Crippen LogP contribution in [0.2, 0.25) is 0 Å². The molecule has 4 heteroatoms. The Morgan fingerprint density at radius 3 is 2.67 bits per heavy atom. The summed E-state index contributed by atoms with van der Waals surface area (Å²) in [7, 11) is 3.02. The lowest BCUT2D eigenvalue weighted by atomic mass is 10.0. The van der Waals surface area contributed by atoms with Gasteiger partial charge < -0.3 is 14.8 Å². The summed E-state index contributed by atoms with van der Waals surface area (Å²) in [6.07, 6.45) is 0. The third-order valence-electron chi connectivity index (χ3n) is 2.79. The fourth-order valence-corrected chi connectivity index (χ4v) is 1.83. The van der Waals surface area contributed by atoms with E-state index in [0.717, 1.165) is 11.3 Å². The SMILES string of the molecule is COCC(C)C(Nc1cccc(C)c1)C(=O)OC. The van der Waals surface area contributed by atoms with Crippen LogP contribution >= 0.6 is 0 Å². The topological polar surface area (TPSA) is 47.6 Å². The van der Waals surface area contributed by atoms with Crippen molar-refractivity contribution in [1.82, 2.24) is 0 Å². The maximum absolute atomic E-state index is 11.8. The maximum Gasteiger partial charge on any atom is 0.328 e. The Bertz CT molecular complexity index is 392. The summed E-state index contributed by atoms with van der Waals surface area (Å²) in [5.74, 6) is -0.246. The highest BCUT2D eigenvalue weighted by Gasteiger charge is 2.25. The minimum Gasteiger partial charge on any atom is -0.467 e. The molecule has 0 spiro atoms. The van der Waals surface area contributed by atoms with Gasteiger partial charge in [-0.25, -0.2) is 4.79 Å². The largest absolute Gasteiger partial charge is 0.467 e. The molecule has 0 bridgehead atoms. The maximum atomic E-state index is 11.8. The molecule has 1 rings (SSSR count). The number of anilines is 1. The summed E-state index contributed by atoms with van der Waals surface area (Å²) >= 11 is 0. The number of aryl methyl sites for hydroxylation is 1. The summed E-state index contributed by atoms with van der Waals surface area (Å²) in [4.78, 5) is 11.8. The van der Waals surface area contributed by atoms with E-state index >= 15 is 0 Å². The molecule has 1 N–H and O–H groups in total. The average molecular weight is 251 g/mol. The van der Waals surface area contributed by atoms with Crippen molar-refractivity contribution in [2.45, 2.75) is 19.9 Å². The zero-order valence-electron chi connectivity index (χ0n) is 11.4. The molecule has 0 fully saturated rings. The van der Waals surface area contributed by atoms with Crippen LogP contribution in [0.5, 0.6) is 0 Å². The molecule has 0 amide bonds. The molecule has 0 aliphatic heterocycles. The molecular formula is C14H21NO3. The van der Waals surface area contributed by atoms with Crippen LogP contribution in [0.1, 0.15) is 12.5 Å². The number of esters is 1. The van der Waals surface area contributed by atoms with Gasteiger partial charge in [0.25, 0.3) is 0 Å². The monoisotopic (exact) mass is 251 g/mol. The van der Waals surface area contributed by atoms with Crippen molar-refractivity contribution >= 4 is 11.7 Å². The quantitative estimate of drug-likeness (QED) is 0.788. The molecule has 18 heavy (non-hydrogen) atoms. The Hall–Kier alpha value is -1.55. The molecule has 2 atom stereocenters. The number of hydrogen-bond donors (Lipinski definition) is 1. The molecule has 0 aromatic heterocycles. The lowest BCUT2D eigenvalue weighted by Gasteiger charge is -2.23. The van der Waals surface area contributed by atoms with Gasteiger partial charge in [0.15, 0.2) is 0 Å². The van der Waals surface area contributed by atoms with Crippen LogP contribution in [0.3, 0.4) is 0 Å². The first-order chi connectivity index (χ1) is 8.58. The van der Waals surface area contributed by atoms with E-state index in [-0.39, 0.29) is 11.9 Å². The number of benzene rings is 1. The summed E-state index contributed by atoms with van der Waals surface area (Å²) in [5.41, 5.74) is 2.05. The molecule has 0 saturated carbocycles. The fraction of sp³-hybridized carbons (Fsp3) is 0.500. The van der Waals surface area contributed by atoms with E-state index in [1.807, 2.05) is 38.1 Å². The average Bonchev–Trinajstić information content (AvgIpc) is 2.35. The van der Waals surface area contributed by atoms with E-state index in [2.05, 4.69) is 5.32 Å².